The molecular weight excluding hydrogens is 286 g/mol. The minimum Gasteiger partial charge on any atom is -0.480 e. The molecular formula is C17H16ClNO2. The summed E-state index contributed by atoms with van der Waals surface area (Å²) in [5.41, 5.74) is 3.42. The molecule has 0 saturated carbocycles. The summed E-state index contributed by atoms with van der Waals surface area (Å²) in [6.07, 6.45) is 0.555. The van der Waals surface area contributed by atoms with Crippen LogP contribution in [0.5, 0.6) is 0 Å². The first-order valence-electron chi connectivity index (χ1n) is 6.91. The van der Waals surface area contributed by atoms with Crippen LogP contribution < -0.4 is 0 Å². The summed E-state index contributed by atoms with van der Waals surface area (Å²) in [4.78, 5) is 13.6. The first kappa shape index (κ1) is 14.1. The van der Waals surface area contributed by atoms with Crippen LogP contribution in [0.4, 0.5) is 0 Å². The molecule has 108 valence electrons. The van der Waals surface area contributed by atoms with Crippen molar-refractivity contribution in [1.29, 1.82) is 0 Å². The zero-order valence-electron chi connectivity index (χ0n) is 11.5. The van der Waals surface area contributed by atoms with Crippen molar-refractivity contribution >= 4 is 17.6 Å². The van der Waals surface area contributed by atoms with Crippen LogP contribution in [-0.4, -0.2) is 22.0 Å². The van der Waals surface area contributed by atoms with E-state index in [0.717, 1.165) is 11.1 Å². The summed E-state index contributed by atoms with van der Waals surface area (Å²) >= 11 is 5.89. The second-order valence-electron chi connectivity index (χ2n) is 5.36. The molecule has 0 aliphatic carbocycles. The van der Waals surface area contributed by atoms with Crippen molar-refractivity contribution in [2.24, 2.45) is 0 Å². The highest BCUT2D eigenvalue weighted by atomic mass is 35.5. The van der Waals surface area contributed by atoms with Gasteiger partial charge in [-0.2, -0.15) is 0 Å². The van der Waals surface area contributed by atoms with E-state index in [1.165, 1.54) is 5.56 Å². The van der Waals surface area contributed by atoms with Crippen molar-refractivity contribution in [3.63, 3.8) is 0 Å². The Morgan fingerprint density at radius 2 is 1.81 bits per heavy atom. The topological polar surface area (TPSA) is 40.5 Å². The molecule has 0 amide bonds. The SMILES string of the molecule is O=C(O)[C@H]1Cc2ccccc2CN1Cc1ccc(Cl)cc1. The van der Waals surface area contributed by atoms with E-state index < -0.39 is 12.0 Å². The minimum absolute atomic E-state index is 0.476. The van der Waals surface area contributed by atoms with E-state index in [2.05, 4.69) is 6.07 Å². The van der Waals surface area contributed by atoms with Crippen molar-refractivity contribution < 1.29 is 9.90 Å². The van der Waals surface area contributed by atoms with Gasteiger partial charge in [0.25, 0.3) is 0 Å². The predicted molar refractivity (Wildman–Crippen MR) is 82.3 cm³/mol. The number of nitrogens with zero attached hydrogens (tertiary/aromatic N) is 1. The number of fused-ring (bicyclic) bond motifs is 1. The van der Waals surface area contributed by atoms with Gasteiger partial charge in [0, 0.05) is 18.1 Å². The monoisotopic (exact) mass is 301 g/mol. The highest BCUT2D eigenvalue weighted by Crippen LogP contribution is 2.25. The number of halogens is 1. The van der Waals surface area contributed by atoms with Crippen LogP contribution >= 0.6 is 11.6 Å². The van der Waals surface area contributed by atoms with E-state index in [1.807, 2.05) is 47.4 Å². The predicted octanol–water partition coefficient (Wildman–Crippen LogP) is 3.35. The lowest BCUT2D eigenvalue weighted by molar-refractivity contribution is -0.144. The van der Waals surface area contributed by atoms with Gasteiger partial charge in [-0.1, -0.05) is 48.0 Å². The Bertz CT molecular complexity index is 654. The Balaban J connectivity index is 1.85. The molecule has 2 aromatic rings. The number of carboxylic acids is 1. The van der Waals surface area contributed by atoms with Crippen molar-refractivity contribution in [2.45, 2.75) is 25.6 Å². The minimum atomic E-state index is -0.765. The van der Waals surface area contributed by atoms with Gasteiger partial charge >= 0.3 is 5.97 Å². The van der Waals surface area contributed by atoms with Crippen LogP contribution in [0, 0.1) is 0 Å². The quantitative estimate of drug-likeness (QED) is 0.945. The highest BCUT2D eigenvalue weighted by molar-refractivity contribution is 6.30. The molecule has 1 N–H and O–H groups in total. The third-order valence-electron chi connectivity index (χ3n) is 3.93. The van der Waals surface area contributed by atoms with Gasteiger partial charge in [0.05, 0.1) is 0 Å². The number of carboxylic acid groups (broad SMARTS) is 1. The summed E-state index contributed by atoms with van der Waals surface area (Å²) in [6, 6.07) is 15.1. The molecule has 0 fully saturated rings. The number of carbonyl (C=O) groups is 1. The number of aliphatic carboxylic acids is 1. The lowest BCUT2D eigenvalue weighted by Gasteiger charge is -2.34. The zero-order chi connectivity index (χ0) is 14.8. The van der Waals surface area contributed by atoms with Crippen LogP contribution in [0.2, 0.25) is 5.02 Å². The summed E-state index contributed by atoms with van der Waals surface area (Å²) in [5.74, 6) is -0.765. The van der Waals surface area contributed by atoms with Crippen LogP contribution in [0.1, 0.15) is 16.7 Å². The molecule has 0 unspecified atom stereocenters. The first-order valence-corrected chi connectivity index (χ1v) is 7.29. The summed E-state index contributed by atoms with van der Waals surface area (Å²) < 4.78 is 0. The van der Waals surface area contributed by atoms with Crippen molar-refractivity contribution in [3.8, 4) is 0 Å². The van der Waals surface area contributed by atoms with Gasteiger partial charge in [-0.15, -0.1) is 0 Å². The Morgan fingerprint density at radius 3 is 2.48 bits per heavy atom. The Labute approximate surface area is 128 Å². The van der Waals surface area contributed by atoms with Gasteiger partial charge in [-0.3, -0.25) is 9.69 Å². The molecule has 1 heterocycles. The van der Waals surface area contributed by atoms with Gasteiger partial charge in [0.1, 0.15) is 6.04 Å². The molecule has 1 aliphatic rings. The van der Waals surface area contributed by atoms with Crippen LogP contribution in [0.25, 0.3) is 0 Å². The van der Waals surface area contributed by atoms with Crippen molar-refractivity contribution in [3.05, 3.63) is 70.2 Å². The fourth-order valence-electron chi connectivity index (χ4n) is 2.81. The normalized spacial score (nSPS) is 18.2. The highest BCUT2D eigenvalue weighted by Gasteiger charge is 2.31. The van der Waals surface area contributed by atoms with Gasteiger partial charge in [0.15, 0.2) is 0 Å². The summed E-state index contributed by atoms with van der Waals surface area (Å²) in [6.45, 7) is 1.28. The molecule has 0 aromatic heterocycles. The number of benzene rings is 2. The molecule has 1 aliphatic heterocycles. The third kappa shape index (κ3) is 3.09. The van der Waals surface area contributed by atoms with Crippen LogP contribution in [0.15, 0.2) is 48.5 Å². The lowest BCUT2D eigenvalue weighted by atomic mass is 9.93. The van der Waals surface area contributed by atoms with E-state index in [0.29, 0.717) is 24.5 Å². The molecule has 0 radical (unpaired) electrons. The Morgan fingerprint density at radius 1 is 1.14 bits per heavy atom. The molecule has 0 bridgehead atoms. The molecule has 4 heteroatoms. The molecule has 21 heavy (non-hydrogen) atoms. The van der Waals surface area contributed by atoms with E-state index in [1.54, 1.807) is 0 Å². The summed E-state index contributed by atoms with van der Waals surface area (Å²) in [5, 5.41) is 10.2. The van der Waals surface area contributed by atoms with Crippen molar-refractivity contribution in [2.75, 3.05) is 0 Å². The third-order valence-corrected chi connectivity index (χ3v) is 4.18. The number of hydrogen-bond donors (Lipinski definition) is 1. The van der Waals surface area contributed by atoms with E-state index in [9.17, 15) is 9.90 Å². The molecule has 3 nitrogen and oxygen atoms in total. The zero-order valence-corrected chi connectivity index (χ0v) is 12.3. The van der Waals surface area contributed by atoms with Gasteiger partial charge < -0.3 is 5.11 Å². The smallest absolute Gasteiger partial charge is 0.321 e. The lowest BCUT2D eigenvalue weighted by Crippen LogP contribution is -2.44. The van der Waals surface area contributed by atoms with Gasteiger partial charge in [-0.25, -0.2) is 0 Å². The Kier molecular flexibility index (Phi) is 3.95. The number of rotatable bonds is 3. The average molecular weight is 302 g/mol. The van der Waals surface area contributed by atoms with E-state index >= 15 is 0 Å². The van der Waals surface area contributed by atoms with Crippen molar-refractivity contribution in [1.82, 2.24) is 4.90 Å². The summed E-state index contributed by atoms with van der Waals surface area (Å²) in [7, 11) is 0. The fourth-order valence-corrected chi connectivity index (χ4v) is 2.94. The molecule has 1 atom stereocenters. The maximum Gasteiger partial charge on any atom is 0.321 e. The largest absolute Gasteiger partial charge is 0.480 e. The average Bonchev–Trinajstić information content (AvgIpc) is 2.48. The second kappa shape index (κ2) is 5.88. The van der Waals surface area contributed by atoms with Crippen LogP contribution in [-0.2, 0) is 24.3 Å². The van der Waals surface area contributed by atoms with Gasteiger partial charge in [-0.05, 0) is 35.2 Å². The first-order chi connectivity index (χ1) is 10.1. The van der Waals surface area contributed by atoms with E-state index in [-0.39, 0.29) is 0 Å². The molecule has 0 saturated heterocycles. The van der Waals surface area contributed by atoms with Gasteiger partial charge in [0.2, 0.25) is 0 Å². The maximum atomic E-state index is 11.6. The maximum absolute atomic E-state index is 11.6. The Hall–Kier alpha value is -1.84. The standard InChI is InChI=1S/C17H16ClNO2/c18-15-7-5-12(6-8-15)10-19-11-14-4-2-1-3-13(14)9-16(19)17(20)21/h1-8,16H,9-11H2,(H,20,21)/t16-/m1/s1. The molecule has 3 rings (SSSR count). The van der Waals surface area contributed by atoms with Crippen LogP contribution in [0.3, 0.4) is 0 Å². The fraction of sp³-hybridized carbons (Fsp3) is 0.235. The molecule has 2 aromatic carbocycles. The second-order valence-corrected chi connectivity index (χ2v) is 5.79. The number of hydrogen-bond acceptors (Lipinski definition) is 2. The molecule has 0 spiro atoms. The van der Waals surface area contributed by atoms with E-state index in [4.69, 9.17) is 11.6 Å².